The lowest BCUT2D eigenvalue weighted by molar-refractivity contribution is -0.138. The first-order valence-corrected chi connectivity index (χ1v) is 5.29. The van der Waals surface area contributed by atoms with Crippen molar-refractivity contribution >= 4 is 11.8 Å². The molecule has 2 amide bonds. The van der Waals surface area contributed by atoms with Gasteiger partial charge in [-0.2, -0.15) is 0 Å². The largest absolute Gasteiger partial charge is 0.382 e. The van der Waals surface area contributed by atoms with E-state index in [2.05, 4.69) is 4.74 Å². The average Bonchev–Trinajstić information content (AvgIpc) is 2.24. The summed E-state index contributed by atoms with van der Waals surface area (Å²) in [5, 5.41) is 11.5. The molecule has 16 heavy (non-hydrogen) atoms. The number of aliphatic hydroxyl groups is 1. The molecule has 0 aromatic heterocycles. The van der Waals surface area contributed by atoms with Gasteiger partial charge in [0.15, 0.2) is 0 Å². The maximum absolute atomic E-state index is 11.3. The molecule has 6 heteroatoms. The summed E-state index contributed by atoms with van der Waals surface area (Å²) in [6.45, 7) is 1.77. The zero-order valence-electron chi connectivity index (χ0n) is 9.73. The molecule has 0 saturated carbocycles. The predicted octanol–water partition coefficient (Wildman–Crippen LogP) is -0.846. The molecule has 0 spiro atoms. The Morgan fingerprint density at radius 2 is 2.12 bits per heavy atom. The Kier molecular flexibility index (Phi) is 7.70. The van der Waals surface area contributed by atoms with Gasteiger partial charge in [0.1, 0.15) is 12.7 Å². The van der Waals surface area contributed by atoms with Crippen molar-refractivity contribution in [2.24, 2.45) is 5.73 Å². The van der Waals surface area contributed by atoms with Gasteiger partial charge in [0.05, 0.1) is 0 Å². The van der Waals surface area contributed by atoms with Crippen molar-refractivity contribution in [3.05, 3.63) is 0 Å². The fourth-order valence-electron chi connectivity index (χ4n) is 1.17. The topological polar surface area (TPSA) is 102 Å². The Morgan fingerprint density at radius 3 is 2.62 bits per heavy atom. The van der Waals surface area contributed by atoms with E-state index in [1.54, 1.807) is 0 Å². The lowest BCUT2D eigenvalue weighted by Crippen LogP contribution is -2.48. The minimum Gasteiger partial charge on any atom is -0.382 e. The number of ether oxygens (including phenoxy) is 1. The first-order chi connectivity index (χ1) is 7.52. The summed E-state index contributed by atoms with van der Waals surface area (Å²) in [5.74, 6) is -1.36. The Morgan fingerprint density at radius 1 is 1.50 bits per heavy atom. The van der Waals surface area contributed by atoms with Crippen molar-refractivity contribution in [3.63, 3.8) is 0 Å². The van der Waals surface area contributed by atoms with E-state index in [1.165, 1.54) is 7.11 Å². The van der Waals surface area contributed by atoms with Crippen LogP contribution in [0, 0.1) is 0 Å². The molecule has 0 aliphatic heterocycles. The maximum Gasteiger partial charge on any atom is 0.257 e. The molecule has 2 atom stereocenters. The van der Waals surface area contributed by atoms with Crippen molar-refractivity contribution in [2.75, 3.05) is 13.7 Å². The van der Waals surface area contributed by atoms with Gasteiger partial charge in [-0.15, -0.1) is 0 Å². The number of nitrogens with two attached hydrogens (primary N) is 1. The zero-order chi connectivity index (χ0) is 12.6. The molecule has 0 aromatic rings. The van der Waals surface area contributed by atoms with E-state index < -0.39 is 24.0 Å². The van der Waals surface area contributed by atoms with Crippen molar-refractivity contribution in [3.8, 4) is 0 Å². The van der Waals surface area contributed by atoms with Crippen molar-refractivity contribution in [1.29, 1.82) is 0 Å². The van der Waals surface area contributed by atoms with Crippen LogP contribution in [0.25, 0.3) is 0 Å². The quantitative estimate of drug-likeness (QED) is 0.531. The number of unbranched alkanes of at least 4 members (excludes halogenated alkanes) is 1. The Bertz CT molecular complexity index is 233. The summed E-state index contributed by atoms with van der Waals surface area (Å²) >= 11 is 0. The molecule has 0 saturated heterocycles. The third-order valence-corrected chi connectivity index (χ3v) is 2.10. The molecule has 0 rings (SSSR count). The van der Waals surface area contributed by atoms with Gasteiger partial charge in [-0.1, -0.05) is 19.8 Å². The first-order valence-electron chi connectivity index (χ1n) is 5.29. The number of imide groups is 1. The second-order valence-corrected chi connectivity index (χ2v) is 3.60. The fraction of sp³-hybridized carbons (Fsp3) is 0.800. The number of hydrogen-bond donors (Lipinski definition) is 3. The van der Waals surface area contributed by atoms with Gasteiger partial charge in [0.25, 0.3) is 11.8 Å². The summed E-state index contributed by atoms with van der Waals surface area (Å²) < 4.78 is 4.53. The van der Waals surface area contributed by atoms with E-state index in [9.17, 15) is 14.7 Å². The average molecular weight is 232 g/mol. The molecule has 0 aromatic carbocycles. The molecule has 0 aliphatic rings. The summed E-state index contributed by atoms with van der Waals surface area (Å²) in [7, 11) is 1.34. The third-order valence-electron chi connectivity index (χ3n) is 2.10. The molecule has 0 fully saturated rings. The first kappa shape index (κ1) is 15.0. The van der Waals surface area contributed by atoms with E-state index in [4.69, 9.17) is 5.73 Å². The van der Waals surface area contributed by atoms with Crippen LogP contribution in [0.2, 0.25) is 0 Å². The second kappa shape index (κ2) is 8.20. The smallest absolute Gasteiger partial charge is 0.257 e. The van der Waals surface area contributed by atoms with E-state index in [0.29, 0.717) is 6.42 Å². The molecule has 0 aliphatic carbocycles. The number of amides is 2. The second-order valence-electron chi connectivity index (χ2n) is 3.60. The minimum absolute atomic E-state index is 0.220. The fourth-order valence-corrected chi connectivity index (χ4v) is 1.17. The number of carbonyl (C=O) groups excluding carboxylic acids is 2. The number of methoxy groups -OCH3 is 1. The van der Waals surface area contributed by atoms with Gasteiger partial charge in [0.2, 0.25) is 0 Å². The van der Waals surface area contributed by atoms with Crippen LogP contribution in [-0.2, 0) is 14.3 Å². The molecule has 0 unspecified atom stereocenters. The monoisotopic (exact) mass is 232 g/mol. The number of rotatable bonds is 7. The SMILES string of the molecule is CCCC[C@@H](N)[C@H](O)C(=O)NC(=O)COC. The van der Waals surface area contributed by atoms with Gasteiger partial charge in [-0.3, -0.25) is 14.9 Å². The lowest BCUT2D eigenvalue weighted by atomic mass is 10.0. The highest BCUT2D eigenvalue weighted by molar-refractivity contribution is 5.98. The minimum atomic E-state index is -1.35. The third kappa shape index (κ3) is 5.79. The Hall–Kier alpha value is -0.980. The molecular formula is C10H20N2O4. The Labute approximate surface area is 95.1 Å². The van der Waals surface area contributed by atoms with Crippen molar-refractivity contribution in [1.82, 2.24) is 5.32 Å². The van der Waals surface area contributed by atoms with Crippen LogP contribution >= 0.6 is 0 Å². The van der Waals surface area contributed by atoms with E-state index >= 15 is 0 Å². The van der Waals surface area contributed by atoms with Crippen LogP contribution in [0.15, 0.2) is 0 Å². The summed E-state index contributed by atoms with van der Waals surface area (Å²) in [4.78, 5) is 22.3. The van der Waals surface area contributed by atoms with Gasteiger partial charge >= 0.3 is 0 Å². The normalized spacial score (nSPS) is 14.2. The van der Waals surface area contributed by atoms with Gasteiger partial charge in [0, 0.05) is 13.2 Å². The number of nitrogens with one attached hydrogen (secondary N) is 1. The van der Waals surface area contributed by atoms with Gasteiger partial charge in [-0.05, 0) is 6.42 Å². The van der Waals surface area contributed by atoms with E-state index in [-0.39, 0.29) is 6.61 Å². The Balaban J connectivity index is 4.01. The molecule has 6 nitrogen and oxygen atoms in total. The van der Waals surface area contributed by atoms with Crippen molar-refractivity contribution in [2.45, 2.75) is 38.3 Å². The van der Waals surface area contributed by atoms with Crippen molar-refractivity contribution < 1.29 is 19.4 Å². The molecule has 94 valence electrons. The summed E-state index contributed by atoms with van der Waals surface area (Å²) in [6.07, 6.45) is 0.957. The summed E-state index contributed by atoms with van der Waals surface area (Å²) in [6, 6.07) is -0.643. The number of aliphatic hydroxyl groups excluding tert-OH is 1. The number of hydrogen-bond acceptors (Lipinski definition) is 5. The highest BCUT2D eigenvalue weighted by atomic mass is 16.5. The summed E-state index contributed by atoms with van der Waals surface area (Å²) in [5.41, 5.74) is 5.60. The zero-order valence-corrected chi connectivity index (χ0v) is 9.73. The molecule has 0 bridgehead atoms. The van der Waals surface area contributed by atoms with E-state index in [0.717, 1.165) is 12.8 Å². The van der Waals surface area contributed by atoms with Crippen LogP contribution < -0.4 is 11.1 Å². The molecule has 0 heterocycles. The van der Waals surface area contributed by atoms with E-state index in [1.807, 2.05) is 12.2 Å². The van der Waals surface area contributed by atoms with Gasteiger partial charge in [-0.25, -0.2) is 0 Å². The molecule has 4 N–H and O–H groups in total. The molecule has 0 radical (unpaired) electrons. The van der Waals surface area contributed by atoms with Crippen LogP contribution in [0.5, 0.6) is 0 Å². The van der Waals surface area contributed by atoms with Crippen LogP contribution in [0.3, 0.4) is 0 Å². The van der Waals surface area contributed by atoms with Gasteiger partial charge < -0.3 is 15.6 Å². The highest BCUT2D eigenvalue weighted by Gasteiger charge is 2.23. The van der Waals surface area contributed by atoms with Crippen LogP contribution in [0.4, 0.5) is 0 Å². The molecular weight excluding hydrogens is 212 g/mol. The lowest BCUT2D eigenvalue weighted by Gasteiger charge is -2.17. The van der Waals surface area contributed by atoms with Crippen LogP contribution in [0.1, 0.15) is 26.2 Å². The predicted molar refractivity (Wildman–Crippen MR) is 58.5 cm³/mol. The van der Waals surface area contributed by atoms with Crippen LogP contribution in [-0.4, -0.2) is 42.8 Å². The highest BCUT2D eigenvalue weighted by Crippen LogP contribution is 2.02. The maximum atomic E-state index is 11.3. The number of carbonyl (C=O) groups is 2. The standard InChI is InChI=1S/C10H20N2O4/c1-3-4-5-7(11)9(14)10(15)12-8(13)6-16-2/h7,9,14H,3-6,11H2,1-2H3,(H,12,13,15)/t7-,9+/m1/s1.